The Bertz CT molecular complexity index is 1240. The fraction of sp³-hybridized carbons (Fsp3) is 0.300. The van der Waals surface area contributed by atoms with Crippen molar-refractivity contribution in [3.8, 4) is 0 Å². The predicted octanol–water partition coefficient (Wildman–Crippen LogP) is 4.69. The van der Waals surface area contributed by atoms with Gasteiger partial charge >= 0.3 is 0 Å². The van der Waals surface area contributed by atoms with Gasteiger partial charge in [-0.05, 0) is 56.1 Å². The predicted molar refractivity (Wildman–Crippen MR) is 111 cm³/mol. The van der Waals surface area contributed by atoms with Crippen molar-refractivity contribution in [3.63, 3.8) is 0 Å². The normalized spacial score (nSPS) is 11.4. The summed E-state index contributed by atoms with van der Waals surface area (Å²) in [6.45, 7) is 6.23. The number of aromatic nitrogens is 5. The fourth-order valence-corrected chi connectivity index (χ4v) is 4.31. The largest absolute Gasteiger partial charge is 0.278 e. The molecule has 0 fully saturated rings. The molecule has 0 N–H and O–H groups in total. The molecule has 4 rings (SSSR count). The molecule has 0 amide bonds. The van der Waals surface area contributed by atoms with Crippen LogP contribution in [0.3, 0.4) is 0 Å². The average molecular weight is 408 g/mol. The van der Waals surface area contributed by atoms with E-state index in [-0.39, 0.29) is 5.69 Å². The van der Waals surface area contributed by atoms with E-state index in [4.69, 9.17) is 0 Å². The van der Waals surface area contributed by atoms with Crippen LogP contribution in [0, 0.1) is 24.0 Å². The topological polar surface area (TPSA) is 99.1 Å². The molecule has 0 atom stereocenters. The van der Waals surface area contributed by atoms with Gasteiger partial charge < -0.3 is 0 Å². The van der Waals surface area contributed by atoms with Crippen LogP contribution in [0.1, 0.15) is 36.7 Å². The van der Waals surface area contributed by atoms with E-state index in [1.54, 1.807) is 22.8 Å². The molecule has 0 aliphatic carbocycles. The Morgan fingerprint density at radius 2 is 2.00 bits per heavy atom. The summed E-state index contributed by atoms with van der Waals surface area (Å²) in [7, 11) is 0. The van der Waals surface area contributed by atoms with E-state index in [0.717, 1.165) is 40.9 Å². The number of nitro benzene ring substituents is 1. The molecular weight excluding hydrogens is 388 g/mol. The quantitative estimate of drug-likeness (QED) is 0.337. The van der Waals surface area contributed by atoms with Crippen molar-refractivity contribution in [3.05, 3.63) is 57.7 Å². The lowest BCUT2D eigenvalue weighted by Crippen LogP contribution is -2.05. The molecule has 0 saturated heterocycles. The Morgan fingerprint density at radius 3 is 2.76 bits per heavy atom. The second-order valence-corrected chi connectivity index (χ2v) is 7.84. The first kappa shape index (κ1) is 19.3. The number of fused-ring (bicyclic) bond motifs is 2. The van der Waals surface area contributed by atoms with Gasteiger partial charge in [-0.25, -0.2) is 9.50 Å². The van der Waals surface area contributed by atoms with Crippen molar-refractivity contribution in [1.82, 2.24) is 24.6 Å². The van der Waals surface area contributed by atoms with Crippen LogP contribution in [0.15, 0.2) is 40.6 Å². The highest BCUT2D eigenvalue weighted by Crippen LogP contribution is 2.36. The van der Waals surface area contributed by atoms with E-state index >= 15 is 0 Å². The van der Waals surface area contributed by atoms with Crippen LogP contribution in [0.5, 0.6) is 0 Å². The molecule has 148 valence electrons. The zero-order chi connectivity index (χ0) is 20.5. The summed E-state index contributed by atoms with van der Waals surface area (Å²) in [6, 6.07) is 5.00. The van der Waals surface area contributed by atoms with Crippen LogP contribution in [-0.2, 0) is 6.42 Å². The van der Waals surface area contributed by atoms with Gasteiger partial charge in [-0.15, -0.1) is 5.10 Å². The molecule has 0 spiro atoms. The van der Waals surface area contributed by atoms with Crippen LogP contribution in [0.4, 0.5) is 5.69 Å². The molecule has 0 aliphatic heterocycles. The highest BCUT2D eigenvalue weighted by atomic mass is 32.2. The number of benzene rings is 1. The molecule has 0 saturated carbocycles. The standard InChI is InChI=1S/C20H20N6O2S/c1-4-5-6-14-12(2)22-19-23-20(24-25(19)13(14)3)29-18-8-7-17(26(27)28)16-11-21-10-9-15(16)18/h7-11H,4-6H2,1-3H3. The van der Waals surface area contributed by atoms with Crippen LogP contribution in [0.2, 0.25) is 0 Å². The van der Waals surface area contributed by atoms with Gasteiger partial charge in [-0.2, -0.15) is 4.98 Å². The number of nitrogens with zero attached hydrogens (tertiary/aromatic N) is 6. The molecule has 0 unspecified atom stereocenters. The summed E-state index contributed by atoms with van der Waals surface area (Å²) in [5, 5.41) is 17.8. The Kier molecular flexibility index (Phi) is 5.14. The van der Waals surface area contributed by atoms with Crippen molar-refractivity contribution >= 4 is 34.0 Å². The van der Waals surface area contributed by atoms with Crippen molar-refractivity contribution < 1.29 is 4.92 Å². The maximum Gasteiger partial charge on any atom is 0.278 e. The minimum Gasteiger partial charge on any atom is -0.264 e. The van der Waals surface area contributed by atoms with E-state index in [2.05, 4.69) is 27.0 Å². The first-order chi connectivity index (χ1) is 14.0. The molecule has 0 radical (unpaired) electrons. The summed E-state index contributed by atoms with van der Waals surface area (Å²) in [5.74, 6) is 0.565. The molecule has 8 nitrogen and oxygen atoms in total. The van der Waals surface area contributed by atoms with Gasteiger partial charge in [0.25, 0.3) is 11.5 Å². The second kappa shape index (κ2) is 7.75. The minimum absolute atomic E-state index is 0.0362. The first-order valence-corrected chi connectivity index (χ1v) is 10.2. The highest BCUT2D eigenvalue weighted by Gasteiger charge is 2.18. The number of hydrogen-bond acceptors (Lipinski definition) is 7. The van der Waals surface area contributed by atoms with Gasteiger partial charge in [0, 0.05) is 40.1 Å². The van der Waals surface area contributed by atoms with Gasteiger partial charge in [0.05, 0.1) is 10.3 Å². The van der Waals surface area contributed by atoms with Crippen LogP contribution in [0.25, 0.3) is 16.6 Å². The van der Waals surface area contributed by atoms with E-state index < -0.39 is 4.92 Å². The van der Waals surface area contributed by atoms with Gasteiger partial charge in [-0.1, -0.05) is 13.3 Å². The van der Waals surface area contributed by atoms with E-state index in [1.165, 1.54) is 29.6 Å². The second-order valence-electron chi connectivity index (χ2n) is 6.83. The maximum atomic E-state index is 11.3. The number of pyridine rings is 1. The number of non-ortho nitro benzene ring substituents is 1. The lowest BCUT2D eigenvalue weighted by atomic mass is 10.1. The molecule has 1 aromatic carbocycles. The number of aryl methyl sites for hydroxylation is 2. The van der Waals surface area contributed by atoms with E-state index in [9.17, 15) is 10.1 Å². The summed E-state index contributed by atoms with van der Waals surface area (Å²) in [4.78, 5) is 25.0. The number of nitro groups is 1. The first-order valence-electron chi connectivity index (χ1n) is 9.41. The molecule has 4 aromatic rings. The number of hydrogen-bond donors (Lipinski definition) is 0. The Labute approximate surface area is 171 Å². The third kappa shape index (κ3) is 3.53. The van der Waals surface area contributed by atoms with Crippen LogP contribution < -0.4 is 0 Å². The monoisotopic (exact) mass is 408 g/mol. The highest BCUT2D eigenvalue weighted by molar-refractivity contribution is 7.99. The molecular formula is C20H20N6O2S. The zero-order valence-corrected chi connectivity index (χ0v) is 17.2. The molecule has 3 heterocycles. The van der Waals surface area contributed by atoms with Gasteiger partial charge in [0.15, 0.2) is 0 Å². The smallest absolute Gasteiger partial charge is 0.264 e. The average Bonchev–Trinajstić information content (AvgIpc) is 3.10. The zero-order valence-electron chi connectivity index (χ0n) is 16.4. The van der Waals surface area contributed by atoms with E-state index in [1.807, 2.05) is 13.8 Å². The van der Waals surface area contributed by atoms with E-state index in [0.29, 0.717) is 16.3 Å². The van der Waals surface area contributed by atoms with Gasteiger partial charge in [0.2, 0.25) is 5.16 Å². The Hall–Kier alpha value is -3.07. The Balaban J connectivity index is 1.76. The van der Waals surface area contributed by atoms with Crippen molar-refractivity contribution in [2.75, 3.05) is 0 Å². The van der Waals surface area contributed by atoms with Crippen molar-refractivity contribution in [2.24, 2.45) is 0 Å². The van der Waals surface area contributed by atoms with Crippen molar-refractivity contribution in [1.29, 1.82) is 0 Å². The third-order valence-corrected chi connectivity index (χ3v) is 5.89. The molecule has 29 heavy (non-hydrogen) atoms. The van der Waals surface area contributed by atoms with Crippen LogP contribution >= 0.6 is 11.8 Å². The summed E-state index contributed by atoms with van der Waals surface area (Å²) in [6.07, 6.45) is 6.34. The Morgan fingerprint density at radius 1 is 1.17 bits per heavy atom. The summed E-state index contributed by atoms with van der Waals surface area (Å²) in [5.41, 5.74) is 3.29. The fourth-order valence-electron chi connectivity index (χ4n) is 3.44. The molecule has 0 bridgehead atoms. The lowest BCUT2D eigenvalue weighted by molar-refractivity contribution is -0.383. The van der Waals surface area contributed by atoms with Crippen LogP contribution in [-0.4, -0.2) is 29.5 Å². The number of unbranched alkanes of at least 4 members (excludes halogenated alkanes) is 1. The molecule has 9 heteroatoms. The number of rotatable bonds is 6. The molecule has 3 aromatic heterocycles. The SMILES string of the molecule is CCCCc1c(C)nc2nc(Sc3ccc([N+](=O)[O-])c4cnccc34)nn2c1C. The summed E-state index contributed by atoms with van der Waals surface area (Å²) >= 11 is 1.37. The summed E-state index contributed by atoms with van der Waals surface area (Å²) < 4.78 is 1.79. The molecule has 0 aliphatic rings. The minimum atomic E-state index is -0.393. The van der Waals surface area contributed by atoms with Gasteiger partial charge in [-0.3, -0.25) is 15.1 Å². The van der Waals surface area contributed by atoms with Crippen molar-refractivity contribution in [2.45, 2.75) is 50.1 Å². The van der Waals surface area contributed by atoms with Gasteiger partial charge in [0.1, 0.15) is 0 Å². The lowest BCUT2D eigenvalue weighted by Gasteiger charge is -2.09. The maximum absolute atomic E-state index is 11.3. The third-order valence-electron chi connectivity index (χ3n) is 4.96.